The van der Waals surface area contributed by atoms with Gasteiger partial charge in [0.2, 0.25) is 11.7 Å². The molecule has 3 rings (SSSR count). The van der Waals surface area contributed by atoms with Gasteiger partial charge >= 0.3 is 0 Å². The van der Waals surface area contributed by atoms with Crippen molar-refractivity contribution in [1.82, 2.24) is 25.5 Å². The minimum absolute atomic E-state index is 0.167. The van der Waals surface area contributed by atoms with E-state index in [0.717, 1.165) is 24.2 Å². The summed E-state index contributed by atoms with van der Waals surface area (Å²) in [5.74, 6) is 0.256. The van der Waals surface area contributed by atoms with Crippen LogP contribution in [0.4, 0.5) is 0 Å². The molecular formula is C17H24N6O2. The maximum absolute atomic E-state index is 11.3. The quantitative estimate of drug-likeness (QED) is 0.838. The van der Waals surface area contributed by atoms with Gasteiger partial charge in [0.15, 0.2) is 0 Å². The smallest absolute Gasteiger partial charge is 0.220 e. The molecule has 0 radical (unpaired) electrons. The maximum atomic E-state index is 11.3. The Labute approximate surface area is 146 Å². The number of primary amides is 1. The van der Waals surface area contributed by atoms with Gasteiger partial charge in [-0.25, -0.2) is 0 Å². The fourth-order valence-corrected chi connectivity index (χ4v) is 3.41. The molecule has 0 aliphatic carbocycles. The van der Waals surface area contributed by atoms with Crippen LogP contribution < -0.4 is 5.73 Å². The van der Waals surface area contributed by atoms with Gasteiger partial charge in [0.25, 0.3) is 0 Å². The number of morpholine rings is 1. The highest BCUT2D eigenvalue weighted by Gasteiger charge is 2.34. The average Bonchev–Trinajstić information content (AvgIpc) is 3.01. The SMILES string of the molecule is Cc1cc(-c2nn[nH]n2)ccc1CN1CC(CC(N)=O)OC(C)(C)C1. The third kappa shape index (κ3) is 4.40. The van der Waals surface area contributed by atoms with E-state index in [1.54, 1.807) is 0 Å². The number of carbonyl (C=O) groups excluding carboxylic acids is 1. The van der Waals surface area contributed by atoms with Crippen LogP contribution in [0.25, 0.3) is 11.4 Å². The van der Waals surface area contributed by atoms with Crippen molar-refractivity contribution in [2.45, 2.75) is 45.4 Å². The molecule has 0 spiro atoms. The molecule has 1 saturated heterocycles. The first-order chi connectivity index (χ1) is 11.8. The van der Waals surface area contributed by atoms with Gasteiger partial charge < -0.3 is 10.5 Å². The van der Waals surface area contributed by atoms with Crippen LogP contribution in [0, 0.1) is 6.92 Å². The number of amides is 1. The molecule has 0 saturated carbocycles. The van der Waals surface area contributed by atoms with Crippen LogP contribution >= 0.6 is 0 Å². The number of rotatable bonds is 5. The van der Waals surface area contributed by atoms with Gasteiger partial charge in [-0.3, -0.25) is 9.69 Å². The summed E-state index contributed by atoms with van der Waals surface area (Å²) in [5.41, 5.74) is 8.36. The van der Waals surface area contributed by atoms with Crippen molar-refractivity contribution in [3.63, 3.8) is 0 Å². The van der Waals surface area contributed by atoms with Crippen molar-refractivity contribution in [3.8, 4) is 11.4 Å². The number of benzene rings is 1. The van der Waals surface area contributed by atoms with E-state index in [9.17, 15) is 4.79 Å². The molecule has 134 valence electrons. The van der Waals surface area contributed by atoms with Gasteiger partial charge in [-0.2, -0.15) is 5.21 Å². The lowest BCUT2D eigenvalue weighted by Crippen LogP contribution is -2.53. The first-order valence-electron chi connectivity index (χ1n) is 8.34. The Morgan fingerprint density at radius 2 is 2.28 bits per heavy atom. The fourth-order valence-electron chi connectivity index (χ4n) is 3.41. The summed E-state index contributed by atoms with van der Waals surface area (Å²) in [6, 6.07) is 6.15. The van der Waals surface area contributed by atoms with Gasteiger partial charge in [-0.1, -0.05) is 12.1 Å². The predicted molar refractivity (Wildman–Crippen MR) is 92.4 cm³/mol. The molecule has 2 heterocycles. The summed E-state index contributed by atoms with van der Waals surface area (Å²) < 4.78 is 5.98. The average molecular weight is 344 g/mol. The number of aromatic amines is 1. The first kappa shape index (κ1) is 17.5. The molecule has 1 aliphatic rings. The van der Waals surface area contributed by atoms with Crippen LogP contribution in [-0.2, 0) is 16.1 Å². The second-order valence-electron chi connectivity index (χ2n) is 7.22. The molecule has 0 bridgehead atoms. The molecule has 25 heavy (non-hydrogen) atoms. The first-order valence-corrected chi connectivity index (χ1v) is 8.34. The highest BCUT2D eigenvalue weighted by atomic mass is 16.5. The number of nitrogens with two attached hydrogens (primary N) is 1. The predicted octanol–water partition coefficient (Wildman–Crippen LogP) is 1.03. The van der Waals surface area contributed by atoms with E-state index in [1.165, 1.54) is 5.56 Å². The molecular weight excluding hydrogens is 320 g/mol. The molecule has 8 heteroatoms. The third-order valence-electron chi connectivity index (χ3n) is 4.32. The van der Waals surface area contributed by atoms with Crippen molar-refractivity contribution in [1.29, 1.82) is 0 Å². The van der Waals surface area contributed by atoms with Crippen LogP contribution in [0.1, 0.15) is 31.4 Å². The summed E-state index contributed by atoms with van der Waals surface area (Å²) >= 11 is 0. The zero-order valence-electron chi connectivity index (χ0n) is 14.8. The molecule has 8 nitrogen and oxygen atoms in total. The number of carbonyl (C=O) groups is 1. The molecule has 1 aromatic carbocycles. The minimum Gasteiger partial charge on any atom is -0.370 e. The van der Waals surface area contributed by atoms with Gasteiger partial charge in [-0.15, -0.1) is 10.2 Å². The summed E-state index contributed by atoms with van der Waals surface area (Å²) in [7, 11) is 0. The number of aryl methyl sites for hydroxylation is 1. The Morgan fingerprint density at radius 1 is 1.48 bits per heavy atom. The number of ether oxygens (including phenoxy) is 1. The number of aromatic nitrogens is 4. The Hall–Kier alpha value is -2.32. The Kier molecular flexibility index (Phi) is 4.82. The fraction of sp³-hybridized carbons (Fsp3) is 0.529. The Balaban J connectivity index is 1.73. The second kappa shape index (κ2) is 6.89. The van der Waals surface area contributed by atoms with Gasteiger partial charge in [0.1, 0.15) is 0 Å². The maximum Gasteiger partial charge on any atom is 0.220 e. The van der Waals surface area contributed by atoms with E-state index >= 15 is 0 Å². The van der Waals surface area contributed by atoms with Crippen LogP contribution in [0.3, 0.4) is 0 Å². The molecule has 1 fully saturated rings. The summed E-state index contributed by atoms with van der Waals surface area (Å²) in [6.07, 6.45) is 0.0792. The van der Waals surface area contributed by atoms with E-state index in [1.807, 2.05) is 19.9 Å². The van der Waals surface area contributed by atoms with E-state index < -0.39 is 0 Å². The minimum atomic E-state index is -0.330. The largest absolute Gasteiger partial charge is 0.370 e. The molecule has 1 unspecified atom stereocenters. The molecule has 3 N–H and O–H groups in total. The lowest BCUT2D eigenvalue weighted by molar-refractivity contribution is -0.148. The van der Waals surface area contributed by atoms with Crippen molar-refractivity contribution in [3.05, 3.63) is 29.3 Å². The molecule has 1 aromatic heterocycles. The molecule has 1 amide bonds. The molecule has 1 aliphatic heterocycles. The van der Waals surface area contributed by atoms with Crippen molar-refractivity contribution < 1.29 is 9.53 Å². The Morgan fingerprint density at radius 3 is 2.92 bits per heavy atom. The number of hydrogen-bond donors (Lipinski definition) is 2. The molecule has 1 atom stereocenters. The van der Waals surface area contributed by atoms with Gasteiger partial charge in [0.05, 0.1) is 18.1 Å². The topological polar surface area (TPSA) is 110 Å². The van der Waals surface area contributed by atoms with E-state index in [0.29, 0.717) is 12.4 Å². The highest BCUT2D eigenvalue weighted by Crippen LogP contribution is 2.26. The zero-order chi connectivity index (χ0) is 18.0. The lowest BCUT2D eigenvalue weighted by Gasteiger charge is -2.42. The third-order valence-corrected chi connectivity index (χ3v) is 4.32. The van der Waals surface area contributed by atoms with Crippen molar-refractivity contribution in [2.24, 2.45) is 5.73 Å². The van der Waals surface area contributed by atoms with Crippen LogP contribution in [0.15, 0.2) is 18.2 Å². The Bertz CT molecular complexity index is 744. The van der Waals surface area contributed by atoms with Gasteiger partial charge in [-0.05, 0) is 43.2 Å². The van der Waals surface area contributed by atoms with Gasteiger partial charge in [0, 0.05) is 25.2 Å². The zero-order valence-corrected chi connectivity index (χ0v) is 14.8. The normalized spacial score (nSPS) is 20.5. The van der Waals surface area contributed by atoms with Crippen molar-refractivity contribution in [2.75, 3.05) is 13.1 Å². The number of hydrogen-bond acceptors (Lipinski definition) is 6. The summed E-state index contributed by atoms with van der Waals surface area (Å²) in [4.78, 5) is 13.6. The second-order valence-corrected chi connectivity index (χ2v) is 7.22. The number of nitrogens with one attached hydrogen (secondary N) is 1. The van der Waals surface area contributed by atoms with E-state index in [2.05, 4.69) is 44.6 Å². The lowest BCUT2D eigenvalue weighted by atomic mass is 10.0. The van der Waals surface area contributed by atoms with Crippen LogP contribution in [-0.4, -0.2) is 56.2 Å². The van der Waals surface area contributed by atoms with E-state index in [4.69, 9.17) is 10.5 Å². The highest BCUT2D eigenvalue weighted by molar-refractivity contribution is 5.74. The number of nitrogens with zero attached hydrogens (tertiary/aromatic N) is 4. The van der Waals surface area contributed by atoms with Crippen LogP contribution in [0.5, 0.6) is 0 Å². The molecule has 2 aromatic rings. The summed E-state index contributed by atoms with van der Waals surface area (Å²) in [5, 5.41) is 14.1. The standard InChI is InChI=1S/C17H24N6O2/c1-11-6-12(16-19-21-22-20-16)4-5-13(11)8-23-9-14(7-15(18)24)25-17(2,3)10-23/h4-6,14H,7-10H2,1-3H3,(H2,18,24)(H,19,20,21,22). The van der Waals surface area contributed by atoms with Crippen molar-refractivity contribution >= 4 is 5.91 Å². The van der Waals surface area contributed by atoms with E-state index in [-0.39, 0.29) is 24.0 Å². The monoisotopic (exact) mass is 344 g/mol. The number of H-pyrrole nitrogens is 1. The number of tetrazole rings is 1. The van der Waals surface area contributed by atoms with Crippen LogP contribution in [0.2, 0.25) is 0 Å². The summed E-state index contributed by atoms with van der Waals surface area (Å²) in [6.45, 7) is 8.44.